The fraction of sp³-hybridized carbons (Fsp3) is 0.484. The van der Waals surface area contributed by atoms with E-state index in [-0.39, 0.29) is 19.0 Å². The van der Waals surface area contributed by atoms with Crippen LogP contribution in [0.4, 0.5) is 5.69 Å². The predicted molar refractivity (Wildman–Crippen MR) is 151 cm³/mol. The number of nitrogens with one attached hydrogen (secondary N) is 1. The maximum Gasteiger partial charge on any atom is 0.338 e. The van der Waals surface area contributed by atoms with Crippen molar-refractivity contribution in [3.8, 4) is 11.8 Å². The lowest BCUT2D eigenvalue weighted by atomic mass is 10.1. The van der Waals surface area contributed by atoms with Gasteiger partial charge < -0.3 is 14.8 Å². The van der Waals surface area contributed by atoms with Crippen molar-refractivity contribution in [1.82, 2.24) is 0 Å². The van der Waals surface area contributed by atoms with Gasteiger partial charge in [0.25, 0.3) is 0 Å². The Balaban J connectivity index is 1.41. The normalized spacial score (nSPS) is 10.3. The largest absolute Gasteiger partial charge is 0.466 e. The molecular formula is C31H40ClNO4. The maximum absolute atomic E-state index is 12.0. The first kappa shape index (κ1) is 30.3. The number of anilines is 1. The van der Waals surface area contributed by atoms with Crippen LogP contribution in [0.5, 0.6) is 0 Å². The Morgan fingerprint density at radius 3 is 2.08 bits per heavy atom. The summed E-state index contributed by atoms with van der Waals surface area (Å²) in [5, 5.41) is 4.15. The van der Waals surface area contributed by atoms with Crippen molar-refractivity contribution in [1.29, 1.82) is 0 Å². The monoisotopic (exact) mass is 525 g/mol. The van der Waals surface area contributed by atoms with Gasteiger partial charge in [-0.25, -0.2) is 4.79 Å². The maximum atomic E-state index is 12.0. The summed E-state index contributed by atoms with van der Waals surface area (Å²) in [6, 6.07) is 14.9. The predicted octanol–water partition coefficient (Wildman–Crippen LogP) is 7.81. The van der Waals surface area contributed by atoms with E-state index in [9.17, 15) is 9.59 Å². The number of ether oxygens (including phenoxy) is 2. The van der Waals surface area contributed by atoms with Crippen molar-refractivity contribution >= 4 is 29.2 Å². The molecule has 0 aliphatic heterocycles. The minimum atomic E-state index is -0.432. The second-order valence-corrected chi connectivity index (χ2v) is 9.37. The zero-order valence-corrected chi connectivity index (χ0v) is 22.8. The molecule has 0 bridgehead atoms. The van der Waals surface area contributed by atoms with Crippen molar-refractivity contribution in [3.63, 3.8) is 0 Å². The molecule has 2 aromatic carbocycles. The number of halogens is 1. The Morgan fingerprint density at radius 1 is 0.811 bits per heavy atom. The minimum Gasteiger partial charge on any atom is -0.466 e. The van der Waals surface area contributed by atoms with Gasteiger partial charge in [0.15, 0.2) is 0 Å². The van der Waals surface area contributed by atoms with Crippen LogP contribution in [-0.4, -0.2) is 31.7 Å². The molecule has 2 aromatic rings. The molecule has 0 amide bonds. The lowest BCUT2D eigenvalue weighted by molar-refractivity contribution is -0.143. The molecule has 0 fully saturated rings. The summed E-state index contributed by atoms with van der Waals surface area (Å²) < 4.78 is 9.93. The van der Waals surface area contributed by atoms with Gasteiger partial charge in [-0.2, -0.15) is 0 Å². The van der Waals surface area contributed by atoms with Gasteiger partial charge in [0, 0.05) is 29.2 Å². The van der Waals surface area contributed by atoms with Gasteiger partial charge in [-0.3, -0.25) is 4.79 Å². The molecule has 0 aliphatic rings. The third-order valence-corrected chi connectivity index (χ3v) is 6.10. The Morgan fingerprint density at radius 2 is 1.43 bits per heavy atom. The molecule has 0 spiro atoms. The minimum absolute atomic E-state index is 0.0265. The first-order chi connectivity index (χ1) is 18.1. The number of benzene rings is 2. The fourth-order valence-corrected chi connectivity index (χ4v) is 3.90. The third kappa shape index (κ3) is 14.4. The molecule has 200 valence electrons. The van der Waals surface area contributed by atoms with E-state index in [4.69, 9.17) is 21.1 Å². The molecule has 0 aliphatic carbocycles. The van der Waals surface area contributed by atoms with E-state index in [1.54, 1.807) is 19.1 Å². The molecule has 0 saturated carbocycles. The van der Waals surface area contributed by atoms with Crippen molar-refractivity contribution in [2.24, 2.45) is 0 Å². The zero-order chi connectivity index (χ0) is 26.6. The highest BCUT2D eigenvalue weighted by Crippen LogP contribution is 2.13. The summed E-state index contributed by atoms with van der Waals surface area (Å²) in [5.74, 6) is 5.65. The third-order valence-electron chi connectivity index (χ3n) is 5.85. The van der Waals surface area contributed by atoms with E-state index >= 15 is 0 Å². The number of unbranched alkanes of at least 4 members (excludes halogenated alkanes) is 9. The molecule has 37 heavy (non-hydrogen) atoms. The molecule has 0 atom stereocenters. The first-order valence-electron chi connectivity index (χ1n) is 13.5. The lowest BCUT2D eigenvalue weighted by Crippen LogP contribution is -2.12. The van der Waals surface area contributed by atoms with Gasteiger partial charge in [0.2, 0.25) is 0 Å². The van der Waals surface area contributed by atoms with Crippen LogP contribution >= 0.6 is 11.6 Å². The Bertz CT molecular complexity index is 977. The zero-order valence-electron chi connectivity index (χ0n) is 22.0. The number of hydrogen-bond acceptors (Lipinski definition) is 5. The molecule has 0 unspecified atom stereocenters. The average molecular weight is 526 g/mol. The molecular weight excluding hydrogens is 486 g/mol. The van der Waals surface area contributed by atoms with E-state index in [1.165, 1.54) is 51.4 Å². The summed E-state index contributed by atoms with van der Waals surface area (Å²) in [4.78, 5) is 23.3. The quantitative estimate of drug-likeness (QED) is 0.129. The Hall–Kier alpha value is -2.97. The summed E-state index contributed by atoms with van der Waals surface area (Å²) >= 11 is 5.88. The van der Waals surface area contributed by atoms with Gasteiger partial charge in [0.1, 0.15) is 6.61 Å². The molecule has 0 aromatic heterocycles. The van der Waals surface area contributed by atoms with Gasteiger partial charge in [0.05, 0.1) is 18.6 Å². The van der Waals surface area contributed by atoms with Crippen molar-refractivity contribution < 1.29 is 19.1 Å². The smallest absolute Gasteiger partial charge is 0.338 e. The van der Waals surface area contributed by atoms with E-state index < -0.39 is 5.97 Å². The molecule has 0 heterocycles. The number of carbonyl (C=O) groups is 2. The van der Waals surface area contributed by atoms with E-state index in [2.05, 4.69) is 17.2 Å². The van der Waals surface area contributed by atoms with E-state index in [0.29, 0.717) is 12.2 Å². The average Bonchev–Trinajstić information content (AvgIpc) is 2.90. The Labute approximate surface area is 227 Å². The van der Waals surface area contributed by atoms with Crippen LogP contribution in [0, 0.1) is 11.8 Å². The van der Waals surface area contributed by atoms with Gasteiger partial charge in [-0.05, 0) is 68.3 Å². The van der Waals surface area contributed by atoms with Crippen molar-refractivity contribution in [2.75, 3.05) is 25.1 Å². The molecule has 0 saturated heterocycles. The highest BCUT2D eigenvalue weighted by atomic mass is 35.5. The van der Waals surface area contributed by atoms with Crippen molar-refractivity contribution in [3.05, 3.63) is 64.7 Å². The standard InChI is InChI=1S/C31H40ClNO4/c1-2-36-30(34)23-25-37-31(35)27-17-21-29(22-18-27)33-24-13-11-9-7-5-3-4-6-8-10-12-14-26-15-19-28(32)20-16-26/h15-22,33H,2-11,13,23-25H2,1H3. The highest BCUT2D eigenvalue weighted by molar-refractivity contribution is 6.30. The molecule has 1 N–H and O–H groups in total. The summed E-state index contributed by atoms with van der Waals surface area (Å²) in [5.41, 5.74) is 2.49. The van der Waals surface area contributed by atoms with Crippen LogP contribution < -0.4 is 5.32 Å². The molecule has 2 rings (SSSR count). The van der Waals surface area contributed by atoms with E-state index in [1.807, 2.05) is 36.4 Å². The van der Waals surface area contributed by atoms with Crippen molar-refractivity contribution in [2.45, 2.75) is 77.6 Å². The van der Waals surface area contributed by atoms with E-state index in [0.717, 1.165) is 35.7 Å². The second kappa shape index (κ2) is 19.2. The van der Waals surface area contributed by atoms with Crippen LogP contribution in [0.2, 0.25) is 5.02 Å². The topological polar surface area (TPSA) is 64.6 Å². The molecule has 6 heteroatoms. The summed E-state index contributed by atoms with van der Waals surface area (Å²) in [7, 11) is 0. The first-order valence-corrected chi connectivity index (χ1v) is 13.9. The molecule has 0 radical (unpaired) electrons. The number of esters is 2. The van der Waals surface area contributed by atoms with Crippen LogP contribution in [0.25, 0.3) is 0 Å². The van der Waals surface area contributed by atoms with Crippen LogP contribution in [0.1, 0.15) is 93.5 Å². The lowest BCUT2D eigenvalue weighted by Gasteiger charge is -2.08. The van der Waals surface area contributed by atoms with Gasteiger partial charge in [-0.15, -0.1) is 0 Å². The number of rotatable bonds is 17. The number of hydrogen-bond donors (Lipinski definition) is 1. The second-order valence-electron chi connectivity index (χ2n) is 8.94. The van der Waals surface area contributed by atoms with Gasteiger partial charge in [-0.1, -0.05) is 68.4 Å². The van der Waals surface area contributed by atoms with Gasteiger partial charge >= 0.3 is 11.9 Å². The SMILES string of the molecule is CCOC(=O)CCOC(=O)c1ccc(NCCCCCCCCCCCC#Cc2ccc(Cl)cc2)cc1. The van der Waals surface area contributed by atoms with Crippen LogP contribution in [-0.2, 0) is 14.3 Å². The number of carbonyl (C=O) groups excluding carboxylic acids is 2. The molecule has 5 nitrogen and oxygen atoms in total. The fourth-order valence-electron chi connectivity index (χ4n) is 3.77. The highest BCUT2D eigenvalue weighted by Gasteiger charge is 2.09. The summed E-state index contributed by atoms with van der Waals surface area (Å²) in [6.07, 6.45) is 12.3. The van der Waals surface area contributed by atoms with Crippen LogP contribution in [0.3, 0.4) is 0 Å². The summed E-state index contributed by atoms with van der Waals surface area (Å²) in [6.45, 7) is 3.01. The Kier molecular flexibility index (Phi) is 15.7. The van der Waals surface area contributed by atoms with Crippen LogP contribution in [0.15, 0.2) is 48.5 Å².